The van der Waals surface area contributed by atoms with Gasteiger partial charge >= 0.3 is 0 Å². The SMILES string of the molecule is CCOCC(C)(O)c1cc(F)c2c(c1)C(=O)N(Cc1ccc(Cl)cn1)C2(O)c1ccc(Cl)cc1. The van der Waals surface area contributed by atoms with E-state index in [0.717, 1.165) is 11.0 Å². The van der Waals surface area contributed by atoms with Crippen LogP contribution in [0.2, 0.25) is 10.0 Å². The lowest BCUT2D eigenvalue weighted by molar-refractivity contribution is -0.0568. The Kier molecular flexibility index (Phi) is 6.68. The molecule has 2 aromatic carbocycles. The maximum absolute atomic E-state index is 15.7. The molecule has 0 saturated heterocycles. The summed E-state index contributed by atoms with van der Waals surface area (Å²) in [6.07, 6.45) is 1.43. The van der Waals surface area contributed by atoms with Crippen molar-refractivity contribution in [3.63, 3.8) is 0 Å². The van der Waals surface area contributed by atoms with Crippen molar-refractivity contribution in [1.29, 1.82) is 0 Å². The molecule has 2 atom stereocenters. The summed E-state index contributed by atoms with van der Waals surface area (Å²) in [5.41, 5.74) is -3.08. The zero-order valence-electron chi connectivity index (χ0n) is 18.6. The zero-order chi connectivity index (χ0) is 24.7. The number of hydrogen-bond donors (Lipinski definition) is 2. The van der Waals surface area contributed by atoms with Gasteiger partial charge in [0.05, 0.1) is 35.0 Å². The molecule has 34 heavy (non-hydrogen) atoms. The average Bonchev–Trinajstić information content (AvgIpc) is 3.02. The number of fused-ring (bicyclic) bond motifs is 1. The van der Waals surface area contributed by atoms with Crippen molar-refractivity contribution >= 4 is 29.1 Å². The van der Waals surface area contributed by atoms with Gasteiger partial charge in [-0.1, -0.05) is 35.3 Å². The molecule has 0 radical (unpaired) electrons. The third-order valence-electron chi connectivity index (χ3n) is 5.87. The number of pyridine rings is 1. The fourth-order valence-corrected chi connectivity index (χ4v) is 4.32. The number of amides is 1. The Morgan fingerprint density at radius 1 is 1.15 bits per heavy atom. The monoisotopic (exact) mass is 504 g/mol. The summed E-state index contributed by atoms with van der Waals surface area (Å²) in [7, 11) is 0. The Balaban J connectivity index is 1.87. The Labute approximate surface area is 206 Å². The fourth-order valence-electron chi connectivity index (χ4n) is 4.08. The molecule has 3 aromatic rings. The van der Waals surface area contributed by atoms with E-state index in [1.54, 1.807) is 31.2 Å². The number of aliphatic hydroxyl groups is 2. The lowest BCUT2D eigenvalue weighted by Gasteiger charge is -2.35. The van der Waals surface area contributed by atoms with E-state index in [1.165, 1.54) is 31.3 Å². The lowest BCUT2D eigenvalue weighted by atomic mass is 9.88. The second kappa shape index (κ2) is 9.24. The quantitative estimate of drug-likeness (QED) is 0.490. The second-order valence-corrected chi connectivity index (χ2v) is 9.20. The van der Waals surface area contributed by atoms with Crippen LogP contribution in [0.4, 0.5) is 4.39 Å². The van der Waals surface area contributed by atoms with Crippen molar-refractivity contribution in [3.8, 4) is 0 Å². The molecule has 1 aliphatic heterocycles. The standard InChI is InChI=1S/C25H23Cl2FN2O4/c1-3-34-14-24(2,32)16-10-20-22(21(28)11-16)25(33,15-4-6-17(26)7-5-15)30(23(20)31)13-19-9-8-18(27)12-29-19/h4-12,32-33H,3,13-14H2,1-2H3. The Morgan fingerprint density at radius 3 is 2.44 bits per heavy atom. The van der Waals surface area contributed by atoms with Crippen LogP contribution in [-0.2, 0) is 22.6 Å². The highest BCUT2D eigenvalue weighted by Gasteiger charge is 2.52. The van der Waals surface area contributed by atoms with Crippen LogP contribution < -0.4 is 0 Å². The third-order valence-corrected chi connectivity index (χ3v) is 6.35. The predicted molar refractivity (Wildman–Crippen MR) is 126 cm³/mol. The number of nitrogens with zero attached hydrogens (tertiary/aromatic N) is 2. The zero-order valence-corrected chi connectivity index (χ0v) is 20.1. The normalized spacial score (nSPS) is 19.3. The van der Waals surface area contributed by atoms with Gasteiger partial charge in [0.2, 0.25) is 0 Å². The molecule has 0 aliphatic carbocycles. The Bertz CT molecular complexity index is 1220. The molecule has 1 aromatic heterocycles. The first-order chi connectivity index (χ1) is 16.1. The first-order valence-corrected chi connectivity index (χ1v) is 11.4. The third kappa shape index (κ3) is 4.30. The molecule has 2 unspecified atom stereocenters. The molecule has 0 spiro atoms. The number of rotatable bonds is 7. The molecule has 6 nitrogen and oxygen atoms in total. The van der Waals surface area contributed by atoms with Crippen LogP contribution in [0.5, 0.6) is 0 Å². The molecule has 2 heterocycles. The van der Waals surface area contributed by atoms with Gasteiger partial charge in [-0.15, -0.1) is 0 Å². The summed E-state index contributed by atoms with van der Waals surface area (Å²) in [5.74, 6) is -1.45. The molecule has 2 N–H and O–H groups in total. The van der Waals surface area contributed by atoms with Gasteiger partial charge in [0, 0.05) is 23.4 Å². The van der Waals surface area contributed by atoms with Crippen LogP contribution in [0, 0.1) is 5.82 Å². The van der Waals surface area contributed by atoms with Gasteiger partial charge in [0.1, 0.15) is 11.4 Å². The van der Waals surface area contributed by atoms with E-state index in [4.69, 9.17) is 27.9 Å². The largest absolute Gasteiger partial charge is 0.383 e. The Morgan fingerprint density at radius 2 is 1.82 bits per heavy atom. The Hall–Kier alpha value is -2.55. The van der Waals surface area contributed by atoms with Gasteiger partial charge in [0.15, 0.2) is 5.72 Å². The van der Waals surface area contributed by atoms with Gasteiger partial charge < -0.3 is 14.9 Å². The van der Waals surface area contributed by atoms with E-state index in [1.807, 2.05) is 0 Å². The van der Waals surface area contributed by atoms with Crippen molar-refractivity contribution in [3.05, 3.63) is 98.5 Å². The lowest BCUT2D eigenvalue weighted by Crippen LogP contribution is -2.44. The van der Waals surface area contributed by atoms with E-state index in [-0.39, 0.29) is 35.4 Å². The van der Waals surface area contributed by atoms with Gasteiger partial charge in [0.25, 0.3) is 5.91 Å². The second-order valence-electron chi connectivity index (χ2n) is 8.33. The highest BCUT2D eigenvalue weighted by atomic mass is 35.5. The summed E-state index contributed by atoms with van der Waals surface area (Å²) in [6.45, 7) is 3.41. The molecular formula is C25H23Cl2FN2O4. The molecule has 1 aliphatic rings. The van der Waals surface area contributed by atoms with Crippen molar-refractivity contribution < 1.29 is 24.1 Å². The minimum absolute atomic E-state index is 0.0572. The molecule has 4 rings (SSSR count). The fraction of sp³-hybridized carbons (Fsp3) is 0.280. The van der Waals surface area contributed by atoms with E-state index < -0.39 is 23.1 Å². The number of aromatic nitrogens is 1. The first-order valence-electron chi connectivity index (χ1n) is 10.6. The first kappa shape index (κ1) is 24.6. The molecule has 0 saturated carbocycles. The number of benzene rings is 2. The van der Waals surface area contributed by atoms with Crippen LogP contribution in [0.1, 0.15) is 46.6 Å². The minimum atomic E-state index is -2.13. The topological polar surface area (TPSA) is 82.9 Å². The van der Waals surface area contributed by atoms with Crippen LogP contribution in [-0.4, -0.2) is 39.2 Å². The molecule has 0 fully saturated rings. The van der Waals surface area contributed by atoms with Crippen LogP contribution in [0.25, 0.3) is 0 Å². The molecule has 9 heteroatoms. The summed E-state index contributed by atoms with van der Waals surface area (Å²) >= 11 is 11.9. The van der Waals surface area contributed by atoms with Gasteiger partial charge in [-0.2, -0.15) is 0 Å². The highest BCUT2D eigenvalue weighted by molar-refractivity contribution is 6.30. The van der Waals surface area contributed by atoms with E-state index in [2.05, 4.69) is 4.98 Å². The smallest absolute Gasteiger partial charge is 0.257 e. The van der Waals surface area contributed by atoms with Gasteiger partial charge in [-0.05, 0) is 55.8 Å². The maximum Gasteiger partial charge on any atom is 0.257 e. The summed E-state index contributed by atoms with van der Waals surface area (Å²) in [4.78, 5) is 18.9. The van der Waals surface area contributed by atoms with Crippen molar-refractivity contribution in [2.24, 2.45) is 0 Å². The summed E-state index contributed by atoms with van der Waals surface area (Å²) in [6, 6.07) is 11.9. The molecule has 0 bridgehead atoms. The minimum Gasteiger partial charge on any atom is -0.383 e. The average molecular weight is 505 g/mol. The van der Waals surface area contributed by atoms with Crippen molar-refractivity contribution in [1.82, 2.24) is 9.88 Å². The molecule has 1 amide bonds. The number of hydrogen-bond acceptors (Lipinski definition) is 5. The van der Waals surface area contributed by atoms with Gasteiger partial charge in [-0.3, -0.25) is 14.7 Å². The van der Waals surface area contributed by atoms with E-state index in [0.29, 0.717) is 22.3 Å². The van der Waals surface area contributed by atoms with Crippen LogP contribution in [0.15, 0.2) is 54.7 Å². The number of carbonyl (C=O) groups is 1. The predicted octanol–water partition coefficient (Wildman–Crippen LogP) is 4.62. The number of halogens is 3. The number of carbonyl (C=O) groups excluding carboxylic acids is 1. The summed E-state index contributed by atoms with van der Waals surface area (Å²) in [5, 5.41) is 23.6. The maximum atomic E-state index is 15.7. The van der Waals surface area contributed by atoms with Gasteiger partial charge in [-0.25, -0.2) is 4.39 Å². The molecular weight excluding hydrogens is 482 g/mol. The highest BCUT2D eigenvalue weighted by Crippen LogP contribution is 2.45. The molecule has 178 valence electrons. The summed E-state index contributed by atoms with van der Waals surface area (Å²) < 4.78 is 21.0. The number of ether oxygens (including phenoxy) is 1. The van der Waals surface area contributed by atoms with Crippen LogP contribution in [0.3, 0.4) is 0 Å². The van der Waals surface area contributed by atoms with Crippen LogP contribution >= 0.6 is 23.2 Å². The van der Waals surface area contributed by atoms with Crippen molar-refractivity contribution in [2.75, 3.05) is 13.2 Å². The van der Waals surface area contributed by atoms with E-state index in [9.17, 15) is 15.0 Å². The van der Waals surface area contributed by atoms with Crippen molar-refractivity contribution in [2.45, 2.75) is 31.7 Å². The van der Waals surface area contributed by atoms with E-state index >= 15 is 4.39 Å².